The van der Waals surface area contributed by atoms with Crippen LogP contribution in [0.25, 0.3) is 0 Å². The van der Waals surface area contributed by atoms with Gasteiger partial charge in [0.2, 0.25) is 5.91 Å². The largest absolute Gasteiger partial charge is 0.393 e. The molecular weight excluding hydrogens is 378 g/mol. The summed E-state index contributed by atoms with van der Waals surface area (Å²) in [5.74, 6) is -0.139. The number of benzene rings is 1. The molecule has 2 rings (SSSR count). The van der Waals surface area contributed by atoms with Crippen molar-refractivity contribution in [1.29, 1.82) is 0 Å². The van der Waals surface area contributed by atoms with Crippen molar-refractivity contribution in [2.75, 3.05) is 6.54 Å². The first kappa shape index (κ1) is 24.3. The zero-order valence-corrected chi connectivity index (χ0v) is 18.0. The number of aliphatic hydroxyl groups is 3. The van der Waals surface area contributed by atoms with Crippen molar-refractivity contribution in [3.63, 3.8) is 0 Å². The van der Waals surface area contributed by atoms with Gasteiger partial charge in [-0.3, -0.25) is 4.79 Å². The van der Waals surface area contributed by atoms with E-state index in [0.29, 0.717) is 32.2 Å². The Morgan fingerprint density at radius 1 is 1.20 bits per heavy atom. The molecule has 1 amide bonds. The minimum Gasteiger partial charge on any atom is -0.393 e. The molecule has 5 nitrogen and oxygen atoms in total. The van der Waals surface area contributed by atoms with Crippen LogP contribution < -0.4 is 5.32 Å². The van der Waals surface area contributed by atoms with Crippen molar-refractivity contribution in [1.82, 2.24) is 5.32 Å². The Kier molecular flexibility index (Phi) is 10.8. The summed E-state index contributed by atoms with van der Waals surface area (Å²) in [6.45, 7) is 2.57. The Balaban J connectivity index is 1.78. The standard InChI is InChI=1S/C25H37NO4/c1-2-26-25(30)13-9-4-3-8-12-21-22(24(29)18-23(21)28)17-16-20(27)15-14-19-10-6-5-7-11-19/h3,5-8,10-11,16-17,20-24,27-29H,2,4,9,12-15,18H2,1H3,(H,26,30)/t20-,21+,22-,23-,24+/m0/s1. The first-order chi connectivity index (χ1) is 14.5. The number of unbranched alkanes of at least 4 members (excludes halogenated alkanes) is 1. The fourth-order valence-electron chi connectivity index (χ4n) is 4.06. The summed E-state index contributed by atoms with van der Waals surface area (Å²) in [6, 6.07) is 10.1. The third-order valence-electron chi connectivity index (χ3n) is 5.77. The summed E-state index contributed by atoms with van der Waals surface area (Å²) in [7, 11) is 0. The zero-order chi connectivity index (χ0) is 21.8. The van der Waals surface area contributed by atoms with Gasteiger partial charge in [0, 0.05) is 25.3 Å². The van der Waals surface area contributed by atoms with E-state index in [2.05, 4.69) is 5.32 Å². The number of hydrogen-bond donors (Lipinski definition) is 4. The third-order valence-corrected chi connectivity index (χ3v) is 5.77. The number of rotatable bonds is 12. The van der Waals surface area contributed by atoms with E-state index in [-0.39, 0.29) is 17.7 Å². The topological polar surface area (TPSA) is 89.8 Å². The maximum Gasteiger partial charge on any atom is 0.219 e. The van der Waals surface area contributed by atoms with Gasteiger partial charge in [-0.25, -0.2) is 0 Å². The molecule has 1 aromatic rings. The Bertz CT molecular complexity index is 673. The fraction of sp³-hybridized carbons (Fsp3) is 0.560. The van der Waals surface area contributed by atoms with Gasteiger partial charge in [-0.05, 0) is 50.5 Å². The summed E-state index contributed by atoms with van der Waals surface area (Å²) in [6.07, 6.45) is 10.6. The first-order valence-corrected chi connectivity index (χ1v) is 11.2. The lowest BCUT2D eigenvalue weighted by Gasteiger charge is -2.19. The molecule has 0 spiro atoms. The van der Waals surface area contributed by atoms with E-state index in [1.807, 2.05) is 55.5 Å². The number of carbonyl (C=O) groups is 1. The van der Waals surface area contributed by atoms with Gasteiger partial charge in [0.15, 0.2) is 0 Å². The molecule has 1 aromatic carbocycles. The van der Waals surface area contributed by atoms with Gasteiger partial charge >= 0.3 is 0 Å². The molecule has 5 atom stereocenters. The summed E-state index contributed by atoms with van der Waals surface area (Å²) in [4.78, 5) is 11.4. The smallest absolute Gasteiger partial charge is 0.219 e. The van der Waals surface area contributed by atoms with Gasteiger partial charge < -0.3 is 20.6 Å². The van der Waals surface area contributed by atoms with Crippen LogP contribution >= 0.6 is 0 Å². The minimum atomic E-state index is -0.589. The van der Waals surface area contributed by atoms with Crippen molar-refractivity contribution in [3.05, 3.63) is 60.2 Å². The Morgan fingerprint density at radius 3 is 2.70 bits per heavy atom. The SMILES string of the molecule is CCNC(=O)CCCC=CC[C@@H]1[C@H](C=C[C@@H](O)CCc2ccccc2)[C@H](O)C[C@@H]1O. The zero-order valence-electron chi connectivity index (χ0n) is 18.0. The van der Waals surface area contributed by atoms with Crippen LogP contribution in [0.2, 0.25) is 0 Å². The molecule has 1 fully saturated rings. The molecule has 1 aliphatic carbocycles. The molecule has 1 saturated carbocycles. The van der Waals surface area contributed by atoms with E-state index in [0.717, 1.165) is 19.3 Å². The van der Waals surface area contributed by atoms with E-state index in [1.165, 1.54) is 5.56 Å². The van der Waals surface area contributed by atoms with Gasteiger partial charge in [-0.1, -0.05) is 54.6 Å². The molecule has 166 valence electrons. The second kappa shape index (κ2) is 13.4. The molecule has 0 aliphatic heterocycles. The molecule has 0 heterocycles. The van der Waals surface area contributed by atoms with Gasteiger partial charge in [0.05, 0.1) is 18.3 Å². The number of amides is 1. The Hall–Kier alpha value is -1.95. The molecule has 0 bridgehead atoms. The number of hydrogen-bond acceptors (Lipinski definition) is 4. The quantitative estimate of drug-likeness (QED) is 0.312. The van der Waals surface area contributed by atoms with Crippen LogP contribution in [0.15, 0.2) is 54.6 Å². The molecule has 5 heteroatoms. The predicted octanol–water partition coefficient (Wildman–Crippen LogP) is 3.15. The average molecular weight is 416 g/mol. The number of nitrogens with one attached hydrogen (secondary N) is 1. The van der Waals surface area contributed by atoms with E-state index in [9.17, 15) is 20.1 Å². The first-order valence-electron chi connectivity index (χ1n) is 11.2. The van der Waals surface area contributed by atoms with Crippen LogP contribution in [0.5, 0.6) is 0 Å². The summed E-state index contributed by atoms with van der Waals surface area (Å²) < 4.78 is 0. The normalized spacial score (nSPS) is 25.2. The third kappa shape index (κ3) is 8.42. The highest BCUT2D eigenvalue weighted by molar-refractivity contribution is 5.75. The van der Waals surface area contributed by atoms with E-state index >= 15 is 0 Å². The van der Waals surface area contributed by atoms with Crippen LogP contribution in [-0.2, 0) is 11.2 Å². The van der Waals surface area contributed by atoms with Crippen LogP contribution in [-0.4, -0.2) is 46.1 Å². The van der Waals surface area contributed by atoms with Crippen molar-refractivity contribution in [3.8, 4) is 0 Å². The molecule has 4 N–H and O–H groups in total. The average Bonchev–Trinajstić information content (AvgIpc) is 3.00. The maximum absolute atomic E-state index is 11.4. The number of allylic oxidation sites excluding steroid dienone is 2. The summed E-state index contributed by atoms with van der Waals surface area (Å²) >= 11 is 0. The predicted molar refractivity (Wildman–Crippen MR) is 120 cm³/mol. The van der Waals surface area contributed by atoms with Crippen molar-refractivity contribution < 1.29 is 20.1 Å². The molecular formula is C25H37NO4. The molecule has 0 radical (unpaired) electrons. The van der Waals surface area contributed by atoms with Crippen molar-refractivity contribution in [2.24, 2.45) is 11.8 Å². The van der Waals surface area contributed by atoms with Crippen LogP contribution in [0, 0.1) is 11.8 Å². The molecule has 30 heavy (non-hydrogen) atoms. The van der Waals surface area contributed by atoms with Crippen molar-refractivity contribution in [2.45, 2.75) is 70.2 Å². The van der Waals surface area contributed by atoms with Gasteiger partial charge in [-0.2, -0.15) is 0 Å². The van der Waals surface area contributed by atoms with E-state index in [1.54, 1.807) is 6.08 Å². The van der Waals surface area contributed by atoms with Crippen LogP contribution in [0.3, 0.4) is 0 Å². The maximum atomic E-state index is 11.4. The summed E-state index contributed by atoms with van der Waals surface area (Å²) in [5, 5.41) is 33.8. The Labute approximate surface area is 180 Å². The second-order valence-electron chi connectivity index (χ2n) is 8.14. The molecule has 0 aromatic heterocycles. The highest BCUT2D eigenvalue weighted by Gasteiger charge is 2.39. The summed E-state index contributed by atoms with van der Waals surface area (Å²) in [5.41, 5.74) is 1.19. The van der Waals surface area contributed by atoms with Gasteiger partial charge in [-0.15, -0.1) is 0 Å². The van der Waals surface area contributed by atoms with Gasteiger partial charge in [0.25, 0.3) is 0 Å². The lowest BCUT2D eigenvalue weighted by molar-refractivity contribution is -0.121. The van der Waals surface area contributed by atoms with Crippen LogP contribution in [0.1, 0.15) is 51.0 Å². The second-order valence-corrected chi connectivity index (χ2v) is 8.14. The van der Waals surface area contributed by atoms with E-state index < -0.39 is 18.3 Å². The monoisotopic (exact) mass is 415 g/mol. The van der Waals surface area contributed by atoms with Crippen molar-refractivity contribution >= 4 is 5.91 Å². The van der Waals surface area contributed by atoms with Gasteiger partial charge in [0.1, 0.15) is 0 Å². The minimum absolute atomic E-state index is 0.0581. The highest BCUT2D eigenvalue weighted by atomic mass is 16.3. The molecule has 1 aliphatic rings. The lowest BCUT2D eigenvalue weighted by Crippen LogP contribution is -2.21. The number of aliphatic hydroxyl groups excluding tert-OH is 3. The fourth-order valence-corrected chi connectivity index (χ4v) is 4.06. The van der Waals surface area contributed by atoms with E-state index in [4.69, 9.17) is 0 Å². The Morgan fingerprint density at radius 2 is 1.97 bits per heavy atom. The lowest BCUT2D eigenvalue weighted by atomic mass is 9.89. The molecule has 0 saturated heterocycles. The molecule has 0 unspecified atom stereocenters. The van der Waals surface area contributed by atoms with Crippen LogP contribution in [0.4, 0.5) is 0 Å². The number of carbonyl (C=O) groups excluding carboxylic acids is 1. The number of aryl methyl sites for hydroxylation is 1. The highest BCUT2D eigenvalue weighted by Crippen LogP contribution is 2.36.